The number of quaternary nitrogens is 2. The number of hydrogen-bond acceptors (Lipinski definition) is 8. The fourth-order valence-corrected chi connectivity index (χ4v) is 4.69. The molecule has 0 N–H and O–H groups in total. The van der Waals surface area contributed by atoms with Crippen molar-refractivity contribution < 1.29 is 28.7 Å². The summed E-state index contributed by atoms with van der Waals surface area (Å²) in [5, 5.41) is 34.0. The van der Waals surface area contributed by atoms with Crippen molar-refractivity contribution >= 4 is 34.5 Å². The lowest BCUT2D eigenvalue weighted by Crippen LogP contribution is -2.53. The Kier molecular flexibility index (Phi) is 12.5. The number of rotatable bonds is 16. The molecule has 220 valence electrons. The normalized spacial score (nSPS) is 13.2. The van der Waals surface area contributed by atoms with Gasteiger partial charge in [0.15, 0.2) is 0 Å². The van der Waals surface area contributed by atoms with Crippen LogP contribution in [0.3, 0.4) is 0 Å². The molecular formula is C30H46N6O4. The minimum absolute atomic E-state index is 0.167. The number of nitrogens with zero attached hydrogens (tertiary/aromatic N) is 6. The van der Waals surface area contributed by atoms with Crippen LogP contribution in [0.1, 0.15) is 41.5 Å². The van der Waals surface area contributed by atoms with Gasteiger partial charge in [-0.05, 0) is 65.8 Å². The van der Waals surface area contributed by atoms with Gasteiger partial charge in [-0.1, -0.05) is 0 Å². The lowest BCUT2D eigenvalue weighted by molar-refractivity contribution is -0.916. The third kappa shape index (κ3) is 8.50. The van der Waals surface area contributed by atoms with Crippen molar-refractivity contribution in [2.24, 2.45) is 20.2 Å². The summed E-state index contributed by atoms with van der Waals surface area (Å²) in [6.07, 6.45) is 0. The third-order valence-corrected chi connectivity index (χ3v) is 8.07. The smallest absolute Gasteiger partial charge is 0.148 e. The van der Waals surface area contributed by atoms with E-state index < -0.39 is 0 Å². The summed E-state index contributed by atoms with van der Waals surface area (Å²) >= 11 is 0. The summed E-state index contributed by atoms with van der Waals surface area (Å²) in [5.74, 6) is 0.556. The Bertz CT molecular complexity index is 1080. The van der Waals surface area contributed by atoms with Crippen molar-refractivity contribution in [3.05, 3.63) is 36.4 Å². The molecule has 0 aliphatic carbocycles. The van der Waals surface area contributed by atoms with Crippen molar-refractivity contribution in [2.45, 2.75) is 41.5 Å². The van der Waals surface area contributed by atoms with E-state index in [-0.39, 0.29) is 11.8 Å². The van der Waals surface area contributed by atoms with Crippen LogP contribution in [-0.4, -0.2) is 87.3 Å². The molecule has 0 spiro atoms. The Labute approximate surface area is 239 Å². The van der Waals surface area contributed by atoms with E-state index in [9.17, 15) is 10.2 Å². The molecule has 0 saturated carbocycles. The molecule has 10 heteroatoms. The zero-order valence-electron chi connectivity index (χ0n) is 25.4. The van der Waals surface area contributed by atoms with Crippen LogP contribution < -0.4 is 19.7 Å². The maximum absolute atomic E-state index is 12.7. The van der Waals surface area contributed by atoms with Crippen molar-refractivity contribution in [2.75, 3.05) is 66.6 Å². The molecule has 0 saturated heterocycles. The Morgan fingerprint density at radius 2 is 0.925 bits per heavy atom. The Hall–Kier alpha value is -3.50. The van der Waals surface area contributed by atoms with Crippen molar-refractivity contribution in [3.63, 3.8) is 0 Å². The number of aliphatic imine (C=N–C) groups is 2. The molecule has 0 aliphatic heterocycles. The van der Waals surface area contributed by atoms with E-state index in [1.54, 1.807) is 36.4 Å². The molecular weight excluding hydrogens is 508 g/mol. The van der Waals surface area contributed by atoms with Gasteiger partial charge in [-0.15, -0.1) is 10.2 Å². The third-order valence-electron chi connectivity index (χ3n) is 8.07. The first-order chi connectivity index (χ1) is 19.2. The van der Waals surface area contributed by atoms with Crippen LogP contribution in [0.25, 0.3) is 0 Å². The van der Waals surface area contributed by atoms with E-state index in [0.717, 1.165) is 39.3 Å². The summed E-state index contributed by atoms with van der Waals surface area (Å²) in [7, 11) is 3.06. The number of ether oxygens (including phenoxy) is 2. The highest BCUT2D eigenvalue weighted by Gasteiger charge is 2.21. The maximum Gasteiger partial charge on any atom is 0.148 e. The first-order valence-corrected chi connectivity index (χ1v) is 14.1. The highest BCUT2D eigenvalue weighted by Crippen LogP contribution is 2.36. The predicted octanol–water partition coefficient (Wildman–Crippen LogP) is 4.65. The van der Waals surface area contributed by atoms with Gasteiger partial charge in [0.05, 0.1) is 64.9 Å². The molecule has 0 fully saturated rings. The molecule has 2 aromatic carbocycles. The number of benzene rings is 2. The van der Waals surface area contributed by atoms with Crippen LogP contribution >= 0.6 is 0 Å². The Balaban J connectivity index is 2.27. The standard InChI is InChI=1S/C30H46N6O4/c1-9-35(10-2,11-3)21-29(37)31-23-15-17-25(27(19-23)39-7)33-34-26-18-16-24(20-28(26)40-8)32-30(38)22-36(12-4,13-5)14-6/h15-20H,9-14,21-22H2,1-8H3. The van der Waals surface area contributed by atoms with E-state index in [0.29, 0.717) is 56.3 Å². The van der Waals surface area contributed by atoms with Crippen LogP contribution in [0.4, 0.5) is 22.7 Å². The molecule has 2 aromatic rings. The molecule has 0 bridgehead atoms. The molecule has 0 aliphatic rings. The largest absolute Gasteiger partial charge is 0.858 e. The quantitative estimate of drug-likeness (QED) is 0.130. The van der Waals surface area contributed by atoms with Gasteiger partial charge in [0.1, 0.15) is 36.0 Å². The summed E-state index contributed by atoms with van der Waals surface area (Å²) < 4.78 is 12.4. The average Bonchev–Trinajstić information content (AvgIpc) is 2.98. The van der Waals surface area contributed by atoms with Gasteiger partial charge in [0, 0.05) is 23.9 Å². The summed E-state index contributed by atoms with van der Waals surface area (Å²) in [4.78, 5) is 8.58. The van der Waals surface area contributed by atoms with Gasteiger partial charge in [-0.3, -0.25) is 9.98 Å². The predicted molar refractivity (Wildman–Crippen MR) is 158 cm³/mol. The van der Waals surface area contributed by atoms with Crippen molar-refractivity contribution in [3.8, 4) is 11.5 Å². The van der Waals surface area contributed by atoms with E-state index >= 15 is 0 Å². The van der Waals surface area contributed by atoms with Gasteiger partial charge in [0.2, 0.25) is 0 Å². The molecule has 40 heavy (non-hydrogen) atoms. The van der Waals surface area contributed by atoms with Crippen LogP contribution in [0, 0.1) is 0 Å². The second kappa shape index (κ2) is 15.3. The molecule has 0 amide bonds. The first-order valence-electron chi connectivity index (χ1n) is 14.1. The van der Waals surface area contributed by atoms with Crippen LogP contribution in [0.2, 0.25) is 0 Å². The summed E-state index contributed by atoms with van der Waals surface area (Å²) in [6.45, 7) is 18.5. The van der Waals surface area contributed by atoms with Crippen molar-refractivity contribution in [1.82, 2.24) is 0 Å². The molecule has 2 rings (SSSR count). The highest BCUT2D eigenvalue weighted by atomic mass is 16.5. The molecule has 0 atom stereocenters. The van der Waals surface area contributed by atoms with Gasteiger partial charge in [-0.25, -0.2) is 0 Å². The van der Waals surface area contributed by atoms with Crippen LogP contribution in [-0.2, 0) is 0 Å². The fraction of sp³-hybridized carbons (Fsp3) is 0.533. The SMILES string of the molecule is CC[N+](CC)(CC)CC([O-])=Nc1ccc(N=Nc2ccc(N=C([O-])C[N+](CC)(CC)CC)cc2OC)c(OC)c1. The second-order valence-electron chi connectivity index (χ2n) is 9.82. The zero-order chi connectivity index (χ0) is 29.8. The lowest BCUT2D eigenvalue weighted by atomic mass is 10.2. The maximum atomic E-state index is 12.7. The molecule has 0 unspecified atom stereocenters. The average molecular weight is 555 g/mol. The van der Waals surface area contributed by atoms with Gasteiger partial charge < -0.3 is 28.7 Å². The number of azo groups is 1. The van der Waals surface area contributed by atoms with E-state index in [2.05, 4.69) is 61.8 Å². The highest BCUT2D eigenvalue weighted by molar-refractivity contribution is 5.77. The topological polar surface area (TPSA) is 114 Å². The van der Waals surface area contributed by atoms with Gasteiger partial charge in [-0.2, -0.15) is 0 Å². The molecule has 0 aromatic heterocycles. The molecule has 10 nitrogen and oxygen atoms in total. The Morgan fingerprint density at radius 3 is 1.20 bits per heavy atom. The zero-order valence-corrected chi connectivity index (χ0v) is 25.4. The summed E-state index contributed by atoms with van der Waals surface area (Å²) in [5.41, 5.74) is 1.97. The van der Waals surface area contributed by atoms with Gasteiger partial charge in [0.25, 0.3) is 0 Å². The van der Waals surface area contributed by atoms with E-state index in [1.165, 1.54) is 14.2 Å². The second-order valence-corrected chi connectivity index (χ2v) is 9.82. The first kappa shape index (κ1) is 32.7. The fourth-order valence-electron chi connectivity index (χ4n) is 4.69. The van der Waals surface area contributed by atoms with Crippen LogP contribution in [0.15, 0.2) is 56.6 Å². The van der Waals surface area contributed by atoms with Crippen molar-refractivity contribution in [1.29, 1.82) is 0 Å². The minimum Gasteiger partial charge on any atom is -0.858 e. The minimum atomic E-state index is -0.167. The Morgan fingerprint density at radius 1 is 0.600 bits per heavy atom. The summed E-state index contributed by atoms with van der Waals surface area (Å²) in [6, 6.07) is 10.2. The monoisotopic (exact) mass is 554 g/mol. The molecule has 0 radical (unpaired) electrons. The lowest BCUT2D eigenvalue weighted by Gasteiger charge is -2.37. The van der Waals surface area contributed by atoms with E-state index in [1.807, 2.05) is 0 Å². The number of methoxy groups -OCH3 is 2. The van der Waals surface area contributed by atoms with E-state index in [4.69, 9.17) is 9.47 Å². The number of likely N-dealkylation sites (N-methyl/N-ethyl adjacent to an activating group) is 2. The number of hydrogen-bond donors (Lipinski definition) is 0. The van der Waals surface area contributed by atoms with Crippen LogP contribution in [0.5, 0.6) is 11.5 Å². The van der Waals surface area contributed by atoms with Gasteiger partial charge >= 0.3 is 0 Å². The molecule has 0 heterocycles.